The molecule has 0 radical (unpaired) electrons. The third kappa shape index (κ3) is 3.88. The fourth-order valence-corrected chi connectivity index (χ4v) is 5.10. The molecule has 1 aromatic heterocycles. The minimum Gasteiger partial charge on any atom is -0.396 e. The summed E-state index contributed by atoms with van der Waals surface area (Å²) in [6.45, 7) is -0.0722. The van der Waals surface area contributed by atoms with Crippen LogP contribution in [0.25, 0.3) is 11.3 Å². The first-order chi connectivity index (χ1) is 14.5. The van der Waals surface area contributed by atoms with E-state index in [2.05, 4.69) is 10.2 Å². The van der Waals surface area contributed by atoms with Gasteiger partial charge in [0, 0.05) is 36.3 Å². The number of rotatable bonds is 3. The highest BCUT2D eigenvalue weighted by atomic mass is 35.5. The third-order valence-electron chi connectivity index (χ3n) is 5.05. The molecule has 0 spiro atoms. The van der Waals surface area contributed by atoms with Gasteiger partial charge >= 0.3 is 6.18 Å². The molecule has 3 N–H and O–H groups in total. The second kappa shape index (κ2) is 7.50. The normalized spacial score (nSPS) is 15.1. The molecule has 0 bridgehead atoms. The van der Waals surface area contributed by atoms with Gasteiger partial charge in [0.15, 0.2) is 0 Å². The molecule has 0 saturated carbocycles. The minimum absolute atomic E-state index is 0.0481. The number of aromatic nitrogens is 2. The summed E-state index contributed by atoms with van der Waals surface area (Å²) < 4.78 is 80.2. The highest BCUT2D eigenvalue weighted by Crippen LogP contribution is 2.37. The Morgan fingerprint density at radius 2 is 1.90 bits per heavy atom. The first kappa shape index (κ1) is 21.6. The fourth-order valence-electron chi connectivity index (χ4n) is 3.44. The predicted octanol–water partition coefficient (Wildman–Crippen LogP) is 4.22. The van der Waals surface area contributed by atoms with E-state index in [1.165, 1.54) is 18.2 Å². The number of benzene rings is 2. The lowest BCUT2D eigenvalue weighted by Gasteiger charge is -2.27. The van der Waals surface area contributed by atoms with Crippen LogP contribution in [-0.2, 0) is 29.2 Å². The van der Waals surface area contributed by atoms with Gasteiger partial charge in [0.05, 0.1) is 26.9 Å². The molecule has 2 heterocycles. The van der Waals surface area contributed by atoms with Gasteiger partial charge in [0.1, 0.15) is 5.82 Å². The lowest BCUT2D eigenvalue weighted by atomic mass is 10.0. The van der Waals surface area contributed by atoms with Gasteiger partial charge in [0.25, 0.3) is 0 Å². The number of hydrogen-bond donors (Lipinski definition) is 2. The number of nitrogens with two attached hydrogens (primary N) is 1. The molecule has 0 unspecified atom stereocenters. The Labute approximate surface area is 179 Å². The zero-order valence-electron chi connectivity index (χ0n) is 15.7. The number of nitrogens with zero attached hydrogens (tertiary/aromatic N) is 2. The number of halogens is 5. The number of anilines is 1. The Hall–Kier alpha value is -2.63. The summed E-state index contributed by atoms with van der Waals surface area (Å²) in [6, 6.07) is 6.51. The molecule has 0 saturated heterocycles. The molecule has 1 aliphatic rings. The molecular weight excluding hydrogens is 460 g/mol. The summed E-state index contributed by atoms with van der Waals surface area (Å²) >= 11 is 5.60. The molecule has 0 fully saturated rings. The van der Waals surface area contributed by atoms with Crippen LogP contribution >= 0.6 is 11.6 Å². The van der Waals surface area contributed by atoms with Gasteiger partial charge in [0.2, 0.25) is 10.0 Å². The topological polar surface area (TPSA) is 92.1 Å². The Morgan fingerprint density at radius 1 is 1.16 bits per heavy atom. The first-order valence-electron chi connectivity index (χ1n) is 8.97. The molecule has 4 rings (SSSR count). The largest absolute Gasteiger partial charge is 0.417 e. The highest BCUT2D eigenvalue weighted by Gasteiger charge is 2.36. The van der Waals surface area contributed by atoms with Crippen LogP contribution in [-0.4, -0.2) is 29.5 Å². The van der Waals surface area contributed by atoms with E-state index in [1.54, 1.807) is 0 Å². The predicted molar refractivity (Wildman–Crippen MR) is 106 cm³/mol. The highest BCUT2D eigenvalue weighted by molar-refractivity contribution is 7.89. The second-order valence-electron chi connectivity index (χ2n) is 6.99. The smallest absolute Gasteiger partial charge is 0.396 e. The number of aromatic amines is 1. The van der Waals surface area contributed by atoms with E-state index < -0.39 is 37.5 Å². The van der Waals surface area contributed by atoms with Crippen molar-refractivity contribution < 1.29 is 26.0 Å². The third-order valence-corrected chi connectivity index (χ3v) is 7.22. The average molecular weight is 475 g/mol. The zero-order valence-corrected chi connectivity index (χ0v) is 17.2. The number of H-pyrrole nitrogens is 1. The summed E-state index contributed by atoms with van der Waals surface area (Å²) in [5, 5.41) is 6.45. The van der Waals surface area contributed by atoms with E-state index in [0.29, 0.717) is 28.6 Å². The maximum atomic E-state index is 13.5. The van der Waals surface area contributed by atoms with Crippen molar-refractivity contribution in [3.63, 3.8) is 0 Å². The van der Waals surface area contributed by atoms with Gasteiger partial charge in [-0.1, -0.05) is 11.6 Å². The summed E-state index contributed by atoms with van der Waals surface area (Å²) in [5.41, 5.74) is 6.43. The molecule has 3 aromatic rings. The van der Waals surface area contributed by atoms with Crippen LogP contribution in [0.1, 0.15) is 16.8 Å². The Morgan fingerprint density at radius 3 is 2.58 bits per heavy atom. The molecule has 2 aromatic carbocycles. The van der Waals surface area contributed by atoms with Gasteiger partial charge in [-0.2, -0.15) is 22.6 Å². The SMILES string of the molecule is Nc1cc(-c2n[nH]c3c2CN(S(=O)(=O)c2ccc(Cl)c(C(F)(F)F)c2)CC3)ccc1F. The Kier molecular flexibility index (Phi) is 5.23. The maximum Gasteiger partial charge on any atom is 0.417 e. The van der Waals surface area contributed by atoms with E-state index in [-0.39, 0.29) is 25.2 Å². The molecule has 0 amide bonds. The van der Waals surface area contributed by atoms with Crippen LogP contribution < -0.4 is 5.73 Å². The zero-order chi connectivity index (χ0) is 22.6. The van der Waals surface area contributed by atoms with Crippen LogP contribution in [0, 0.1) is 5.82 Å². The number of alkyl halides is 3. The van der Waals surface area contributed by atoms with Crippen LogP contribution in [0.5, 0.6) is 0 Å². The standard InChI is InChI=1S/C19H15ClF4N4O2S/c20-14-3-2-11(8-13(14)19(22,23)24)31(29,30)28-6-5-17-12(9-28)18(27-26-17)10-1-4-15(21)16(25)7-10/h1-4,7-8H,5-6,9,25H2,(H,26,27). The molecule has 12 heteroatoms. The minimum atomic E-state index is -4.79. The van der Waals surface area contributed by atoms with Crippen LogP contribution in [0.3, 0.4) is 0 Å². The molecule has 164 valence electrons. The lowest BCUT2D eigenvalue weighted by molar-refractivity contribution is -0.137. The van der Waals surface area contributed by atoms with Crippen molar-refractivity contribution in [3.05, 3.63) is 64.1 Å². The number of nitrogens with one attached hydrogen (secondary N) is 1. The molecular formula is C19H15ClF4N4O2S. The van der Waals surface area contributed by atoms with Gasteiger partial charge in [-0.3, -0.25) is 5.10 Å². The van der Waals surface area contributed by atoms with Crippen LogP contribution in [0.2, 0.25) is 5.02 Å². The van der Waals surface area contributed by atoms with Crippen molar-refractivity contribution >= 4 is 27.3 Å². The number of fused-ring (bicyclic) bond motifs is 1. The monoisotopic (exact) mass is 474 g/mol. The van der Waals surface area contributed by atoms with Gasteiger partial charge in [-0.15, -0.1) is 0 Å². The number of sulfonamides is 1. The van der Waals surface area contributed by atoms with Crippen molar-refractivity contribution in [2.24, 2.45) is 0 Å². The maximum absolute atomic E-state index is 13.5. The Bertz CT molecular complexity index is 1270. The molecule has 31 heavy (non-hydrogen) atoms. The molecule has 0 atom stereocenters. The summed E-state index contributed by atoms with van der Waals surface area (Å²) in [6.07, 6.45) is -4.52. The Balaban J connectivity index is 1.70. The second-order valence-corrected chi connectivity index (χ2v) is 9.34. The van der Waals surface area contributed by atoms with Crippen molar-refractivity contribution in [1.29, 1.82) is 0 Å². The van der Waals surface area contributed by atoms with E-state index in [0.717, 1.165) is 16.4 Å². The van der Waals surface area contributed by atoms with Crippen molar-refractivity contribution in [3.8, 4) is 11.3 Å². The summed E-state index contributed by atoms with van der Waals surface area (Å²) in [5.74, 6) is -0.597. The van der Waals surface area contributed by atoms with Gasteiger partial charge < -0.3 is 5.73 Å². The fraction of sp³-hybridized carbons (Fsp3) is 0.211. The van der Waals surface area contributed by atoms with Gasteiger partial charge in [-0.05, 0) is 36.4 Å². The van der Waals surface area contributed by atoms with Crippen LogP contribution in [0.4, 0.5) is 23.2 Å². The first-order valence-corrected chi connectivity index (χ1v) is 10.8. The summed E-state index contributed by atoms with van der Waals surface area (Å²) in [4.78, 5) is -0.510. The van der Waals surface area contributed by atoms with E-state index in [1.807, 2.05) is 0 Å². The van der Waals surface area contributed by atoms with Crippen molar-refractivity contribution in [2.45, 2.75) is 24.0 Å². The quantitative estimate of drug-likeness (QED) is 0.439. The van der Waals surface area contributed by atoms with Crippen molar-refractivity contribution in [2.75, 3.05) is 12.3 Å². The average Bonchev–Trinajstić information content (AvgIpc) is 3.12. The van der Waals surface area contributed by atoms with Crippen molar-refractivity contribution in [1.82, 2.24) is 14.5 Å². The lowest BCUT2D eigenvalue weighted by Crippen LogP contribution is -2.36. The van der Waals surface area contributed by atoms with E-state index in [4.69, 9.17) is 17.3 Å². The number of nitrogen functional groups attached to an aromatic ring is 1. The van der Waals surface area contributed by atoms with E-state index in [9.17, 15) is 26.0 Å². The van der Waals surface area contributed by atoms with Crippen LogP contribution in [0.15, 0.2) is 41.3 Å². The number of hydrogen-bond acceptors (Lipinski definition) is 4. The summed E-state index contributed by atoms with van der Waals surface area (Å²) in [7, 11) is -4.25. The van der Waals surface area contributed by atoms with E-state index >= 15 is 0 Å². The molecule has 6 nitrogen and oxygen atoms in total. The molecule has 1 aliphatic heterocycles. The van der Waals surface area contributed by atoms with Gasteiger partial charge in [-0.25, -0.2) is 12.8 Å². The molecule has 0 aliphatic carbocycles.